The second-order valence-electron chi connectivity index (χ2n) is 9.58. The number of anilines is 2. The molecule has 1 aromatic heterocycles. The maximum Gasteiger partial charge on any atom is 0.433 e. The third-order valence-corrected chi connectivity index (χ3v) is 6.26. The van der Waals surface area contributed by atoms with Gasteiger partial charge in [-0.25, -0.2) is 14.8 Å². The summed E-state index contributed by atoms with van der Waals surface area (Å²) in [6.07, 6.45) is -3.77. The van der Waals surface area contributed by atoms with E-state index in [2.05, 4.69) is 15.3 Å². The molecule has 0 aliphatic carbocycles. The number of benzene rings is 1. The van der Waals surface area contributed by atoms with Crippen molar-refractivity contribution in [1.82, 2.24) is 15.3 Å². The normalized spacial score (nSPS) is 17.0. The molecule has 2 aromatic rings. The van der Waals surface area contributed by atoms with Gasteiger partial charge in [-0.3, -0.25) is 9.69 Å². The minimum atomic E-state index is -4.78. The lowest BCUT2D eigenvalue weighted by Gasteiger charge is -2.40. The maximum atomic E-state index is 13.8. The Balaban J connectivity index is 1.48. The quantitative estimate of drug-likeness (QED) is 0.619. The van der Waals surface area contributed by atoms with Crippen LogP contribution in [0.4, 0.5) is 29.6 Å². The lowest BCUT2D eigenvalue weighted by atomic mass is 10.0. The Kier molecular flexibility index (Phi) is 7.07. The zero-order valence-corrected chi connectivity index (χ0v) is 20.0. The van der Waals surface area contributed by atoms with Crippen molar-refractivity contribution in [3.8, 4) is 0 Å². The molecule has 2 aliphatic heterocycles. The van der Waals surface area contributed by atoms with Crippen molar-refractivity contribution in [2.45, 2.75) is 57.5 Å². The fraction of sp³-hybridized carbons (Fsp3) is 0.500. The molecule has 12 heteroatoms. The molecule has 2 N–H and O–H groups in total. The highest BCUT2D eigenvalue weighted by molar-refractivity contribution is 5.91. The molecule has 1 saturated heterocycles. The third kappa shape index (κ3) is 5.53. The number of piperidine rings is 1. The zero-order valence-electron chi connectivity index (χ0n) is 20.0. The molecule has 0 spiro atoms. The van der Waals surface area contributed by atoms with Crippen LogP contribution in [0, 0.1) is 0 Å². The lowest BCUT2D eigenvalue weighted by molar-refractivity contribution is -0.142. The van der Waals surface area contributed by atoms with Gasteiger partial charge < -0.3 is 20.1 Å². The topological polar surface area (TPSA) is 108 Å². The SMILES string of the molecule is CC(C)(CO)NC(=O)Cc1cnc(N2CCC(N3C(=O)OCc4ccccc43)CC2)nc1C(F)(F)F. The number of alkyl halides is 3. The number of nitrogens with one attached hydrogen (secondary N) is 1. The summed E-state index contributed by atoms with van der Waals surface area (Å²) in [5.41, 5.74) is -0.795. The second kappa shape index (κ2) is 9.92. The van der Waals surface area contributed by atoms with Gasteiger partial charge in [-0.1, -0.05) is 18.2 Å². The number of cyclic esters (lactones) is 1. The number of fused-ring (bicyclic) bond motifs is 1. The van der Waals surface area contributed by atoms with E-state index in [9.17, 15) is 27.9 Å². The van der Waals surface area contributed by atoms with Crippen molar-refractivity contribution in [2.24, 2.45) is 0 Å². The summed E-state index contributed by atoms with van der Waals surface area (Å²) in [6.45, 7) is 3.65. The molecule has 2 amide bonds. The number of aromatic nitrogens is 2. The summed E-state index contributed by atoms with van der Waals surface area (Å²) in [5, 5.41) is 11.8. The fourth-order valence-corrected chi connectivity index (χ4v) is 4.40. The second-order valence-corrected chi connectivity index (χ2v) is 9.58. The maximum absolute atomic E-state index is 13.8. The van der Waals surface area contributed by atoms with Gasteiger partial charge in [-0.05, 0) is 32.8 Å². The summed E-state index contributed by atoms with van der Waals surface area (Å²) >= 11 is 0. The first kappa shape index (κ1) is 25.7. The Bertz CT molecular complexity index is 1130. The molecule has 3 heterocycles. The van der Waals surface area contributed by atoms with E-state index >= 15 is 0 Å². The highest BCUT2D eigenvalue weighted by Gasteiger charge is 2.38. The number of para-hydroxylation sites is 1. The Labute approximate surface area is 206 Å². The highest BCUT2D eigenvalue weighted by atomic mass is 19.4. The monoisotopic (exact) mass is 507 g/mol. The van der Waals surface area contributed by atoms with Crippen LogP contribution in [0.25, 0.3) is 0 Å². The molecule has 1 aromatic carbocycles. The van der Waals surface area contributed by atoms with Gasteiger partial charge in [-0.15, -0.1) is 0 Å². The van der Waals surface area contributed by atoms with E-state index in [1.54, 1.807) is 23.6 Å². The number of carbonyl (C=O) groups is 2. The Morgan fingerprint density at radius 3 is 2.58 bits per heavy atom. The van der Waals surface area contributed by atoms with Gasteiger partial charge in [-0.2, -0.15) is 13.2 Å². The summed E-state index contributed by atoms with van der Waals surface area (Å²) in [5.74, 6) is -0.757. The third-order valence-electron chi connectivity index (χ3n) is 6.26. The van der Waals surface area contributed by atoms with Crippen LogP contribution in [0.5, 0.6) is 0 Å². The van der Waals surface area contributed by atoms with Gasteiger partial charge in [0.15, 0.2) is 5.69 Å². The molecule has 0 saturated carbocycles. The van der Waals surface area contributed by atoms with Crippen LogP contribution < -0.4 is 15.1 Å². The average Bonchev–Trinajstić information content (AvgIpc) is 2.83. The molecule has 0 bridgehead atoms. The molecule has 4 rings (SSSR count). The summed E-state index contributed by atoms with van der Waals surface area (Å²) in [4.78, 5) is 35.9. The molecule has 36 heavy (non-hydrogen) atoms. The zero-order chi connectivity index (χ0) is 26.1. The van der Waals surface area contributed by atoms with Crippen LogP contribution in [0.15, 0.2) is 30.5 Å². The summed E-state index contributed by atoms with van der Waals surface area (Å²) < 4.78 is 46.7. The minimum absolute atomic E-state index is 0.0813. The Morgan fingerprint density at radius 1 is 1.22 bits per heavy atom. The van der Waals surface area contributed by atoms with Crippen LogP contribution >= 0.6 is 0 Å². The molecule has 0 unspecified atom stereocenters. The van der Waals surface area contributed by atoms with Gasteiger partial charge in [0.1, 0.15) is 6.61 Å². The molecule has 1 fully saturated rings. The number of aliphatic hydroxyl groups excluding tert-OH is 1. The van der Waals surface area contributed by atoms with Crippen LogP contribution in [0.3, 0.4) is 0 Å². The van der Waals surface area contributed by atoms with E-state index in [4.69, 9.17) is 4.74 Å². The Morgan fingerprint density at radius 2 is 1.92 bits per heavy atom. The molecule has 9 nitrogen and oxygen atoms in total. The minimum Gasteiger partial charge on any atom is -0.444 e. The predicted octanol–water partition coefficient (Wildman–Crippen LogP) is 3.05. The van der Waals surface area contributed by atoms with Crippen molar-refractivity contribution >= 4 is 23.6 Å². The van der Waals surface area contributed by atoms with Crippen LogP contribution in [-0.4, -0.2) is 58.4 Å². The van der Waals surface area contributed by atoms with Crippen molar-refractivity contribution in [1.29, 1.82) is 0 Å². The van der Waals surface area contributed by atoms with Crippen molar-refractivity contribution < 1.29 is 32.6 Å². The number of ether oxygens (including phenoxy) is 1. The van der Waals surface area contributed by atoms with Crippen molar-refractivity contribution in [3.05, 3.63) is 47.3 Å². The van der Waals surface area contributed by atoms with Crippen LogP contribution in [0.2, 0.25) is 0 Å². The van der Waals surface area contributed by atoms with Crippen molar-refractivity contribution in [3.63, 3.8) is 0 Å². The summed E-state index contributed by atoms with van der Waals surface area (Å²) in [6, 6.07) is 7.30. The van der Waals surface area contributed by atoms with E-state index < -0.39 is 35.8 Å². The number of hydrogen-bond donors (Lipinski definition) is 2. The lowest BCUT2D eigenvalue weighted by Crippen LogP contribution is -2.49. The van der Waals surface area contributed by atoms with Gasteiger partial charge >= 0.3 is 12.3 Å². The Hall–Kier alpha value is -3.41. The fourth-order valence-electron chi connectivity index (χ4n) is 4.40. The van der Waals surface area contributed by atoms with E-state index in [-0.39, 0.29) is 30.8 Å². The van der Waals surface area contributed by atoms with E-state index in [0.29, 0.717) is 25.9 Å². The molecule has 194 valence electrons. The molecule has 2 aliphatic rings. The number of carbonyl (C=O) groups excluding carboxylic acids is 2. The van der Waals surface area contributed by atoms with E-state index in [0.717, 1.165) is 17.4 Å². The molecule has 0 atom stereocenters. The standard InChI is InChI=1S/C24H28F3N5O4/c1-23(2,14-33)30-19(34)11-16-12-28-21(29-20(16)24(25,26)27)31-9-7-17(8-10-31)32-18-6-4-3-5-15(18)13-36-22(32)35/h3-6,12,17,33H,7-11,13-14H2,1-2H3,(H,30,34). The first-order valence-corrected chi connectivity index (χ1v) is 11.6. The van der Waals surface area contributed by atoms with Gasteiger partial charge in [0.25, 0.3) is 0 Å². The predicted molar refractivity (Wildman–Crippen MR) is 124 cm³/mol. The van der Waals surface area contributed by atoms with Gasteiger partial charge in [0.2, 0.25) is 11.9 Å². The van der Waals surface area contributed by atoms with E-state index in [1.807, 2.05) is 24.3 Å². The number of halogens is 3. The molecular formula is C24H28F3N5O4. The van der Waals surface area contributed by atoms with Crippen LogP contribution in [0.1, 0.15) is 43.5 Å². The molecule has 0 radical (unpaired) electrons. The number of amides is 2. The number of hydrogen-bond acceptors (Lipinski definition) is 7. The average molecular weight is 508 g/mol. The van der Waals surface area contributed by atoms with Crippen molar-refractivity contribution in [2.75, 3.05) is 29.5 Å². The van der Waals surface area contributed by atoms with Crippen LogP contribution in [-0.2, 0) is 28.7 Å². The first-order chi connectivity index (χ1) is 17.0. The van der Waals surface area contributed by atoms with Gasteiger partial charge in [0, 0.05) is 36.5 Å². The first-order valence-electron chi connectivity index (χ1n) is 11.6. The molecular weight excluding hydrogens is 479 g/mol. The number of nitrogens with zero attached hydrogens (tertiary/aromatic N) is 4. The van der Waals surface area contributed by atoms with Gasteiger partial charge in [0.05, 0.1) is 24.3 Å². The number of rotatable bonds is 6. The highest BCUT2D eigenvalue weighted by Crippen LogP contribution is 2.34. The van der Waals surface area contributed by atoms with E-state index in [1.165, 1.54) is 0 Å². The summed E-state index contributed by atoms with van der Waals surface area (Å²) in [7, 11) is 0. The number of aliphatic hydroxyl groups is 1. The largest absolute Gasteiger partial charge is 0.444 e. The smallest absolute Gasteiger partial charge is 0.433 e.